The number of hydrogen-bond acceptors (Lipinski definition) is 4. The van der Waals surface area contributed by atoms with Crippen molar-refractivity contribution in [2.45, 2.75) is 13.3 Å². The summed E-state index contributed by atoms with van der Waals surface area (Å²) < 4.78 is 5.35. The van der Waals surface area contributed by atoms with Crippen molar-refractivity contribution in [2.75, 3.05) is 57.4 Å². The Morgan fingerprint density at radius 2 is 2.00 bits per heavy atom. The van der Waals surface area contributed by atoms with E-state index in [9.17, 15) is 4.79 Å². The Morgan fingerprint density at radius 1 is 1.21 bits per heavy atom. The van der Waals surface area contributed by atoms with Gasteiger partial charge in [-0.1, -0.05) is 25.1 Å². The smallest absolute Gasteiger partial charge is 0.249 e. The third-order valence-electron chi connectivity index (χ3n) is 4.57. The van der Waals surface area contributed by atoms with E-state index in [-0.39, 0.29) is 5.91 Å². The average Bonchev–Trinajstić information content (AvgIpc) is 2.62. The highest BCUT2D eigenvalue weighted by Crippen LogP contribution is 2.28. The molecule has 130 valence electrons. The summed E-state index contributed by atoms with van der Waals surface area (Å²) in [5.41, 5.74) is 3.21. The molecule has 1 saturated heterocycles. The maximum atomic E-state index is 12.6. The van der Waals surface area contributed by atoms with Gasteiger partial charge in [0.05, 0.1) is 13.2 Å². The van der Waals surface area contributed by atoms with Crippen LogP contribution in [0.2, 0.25) is 0 Å². The van der Waals surface area contributed by atoms with Gasteiger partial charge in [-0.2, -0.15) is 0 Å². The average molecular weight is 329 g/mol. The van der Waals surface area contributed by atoms with Crippen LogP contribution in [0.3, 0.4) is 0 Å². The second-order valence-corrected chi connectivity index (χ2v) is 6.36. The van der Waals surface area contributed by atoms with Crippen molar-refractivity contribution >= 4 is 17.7 Å². The van der Waals surface area contributed by atoms with Crippen LogP contribution < -0.4 is 10.2 Å². The number of ether oxygens (including phenoxy) is 1. The summed E-state index contributed by atoms with van der Waals surface area (Å²) in [6, 6.07) is 8.30. The van der Waals surface area contributed by atoms with Gasteiger partial charge in [0.15, 0.2) is 0 Å². The fourth-order valence-corrected chi connectivity index (χ4v) is 3.29. The fraction of sp³-hybridized carbons (Fsp3) is 0.526. The summed E-state index contributed by atoms with van der Waals surface area (Å²) in [4.78, 5) is 17.2. The van der Waals surface area contributed by atoms with Gasteiger partial charge in [-0.15, -0.1) is 0 Å². The molecule has 0 saturated carbocycles. The number of amides is 1. The molecule has 0 bridgehead atoms. The second-order valence-electron chi connectivity index (χ2n) is 6.36. The van der Waals surface area contributed by atoms with Crippen LogP contribution in [-0.2, 0) is 9.53 Å². The predicted molar refractivity (Wildman–Crippen MR) is 97.2 cm³/mol. The van der Waals surface area contributed by atoms with Gasteiger partial charge in [0, 0.05) is 50.5 Å². The first-order chi connectivity index (χ1) is 11.8. The molecule has 0 spiro atoms. The first-order valence-electron chi connectivity index (χ1n) is 8.91. The van der Waals surface area contributed by atoms with Gasteiger partial charge >= 0.3 is 0 Å². The number of rotatable bonds is 6. The van der Waals surface area contributed by atoms with Gasteiger partial charge in [-0.3, -0.25) is 9.69 Å². The first kappa shape index (κ1) is 17.0. The molecule has 1 aromatic rings. The zero-order valence-corrected chi connectivity index (χ0v) is 14.5. The molecule has 1 fully saturated rings. The lowest BCUT2D eigenvalue weighted by molar-refractivity contribution is -0.117. The summed E-state index contributed by atoms with van der Waals surface area (Å²) in [5, 5.41) is 3.08. The number of benzene rings is 1. The van der Waals surface area contributed by atoms with E-state index in [2.05, 4.69) is 40.2 Å². The minimum absolute atomic E-state index is 0.0545. The van der Waals surface area contributed by atoms with Gasteiger partial charge in [-0.25, -0.2) is 0 Å². The van der Waals surface area contributed by atoms with Crippen LogP contribution in [-0.4, -0.2) is 63.3 Å². The predicted octanol–water partition coefficient (Wildman–Crippen LogP) is 1.75. The number of morpholine rings is 1. The van der Waals surface area contributed by atoms with Crippen LogP contribution >= 0.6 is 0 Å². The number of carbonyl (C=O) groups is 1. The third kappa shape index (κ3) is 4.16. The zero-order valence-electron chi connectivity index (χ0n) is 14.5. The highest BCUT2D eigenvalue weighted by Gasteiger charge is 2.21. The molecule has 2 heterocycles. The Labute approximate surface area is 144 Å². The molecule has 0 aromatic heterocycles. The van der Waals surface area contributed by atoms with Crippen LogP contribution in [0.5, 0.6) is 0 Å². The van der Waals surface area contributed by atoms with E-state index in [1.165, 1.54) is 5.69 Å². The van der Waals surface area contributed by atoms with E-state index >= 15 is 0 Å². The van der Waals surface area contributed by atoms with Gasteiger partial charge in [0.1, 0.15) is 0 Å². The van der Waals surface area contributed by atoms with Crippen LogP contribution in [0, 0.1) is 0 Å². The fourth-order valence-electron chi connectivity index (χ4n) is 3.29. The number of carbonyl (C=O) groups excluding carboxylic acids is 1. The molecule has 2 aliphatic rings. The van der Waals surface area contributed by atoms with Gasteiger partial charge in [-0.05, 0) is 24.1 Å². The molecule has 0 unspecified atom stereocenters. The standard InChI is InChI=1S/C19H27N3O2/c1-2-8-22-15-17(14-16-5-3-4-6-18(16)22)19(23)20-7-9-21-10-12-24-13-11-21/h3-6,14H,2,7-13,15H2,1H3,(H,20,23). The van der Waals surface area contributed by atoms with Crippen molar-refractivity contribution in [1.29, 1.82) is 0 Å². The zero-order chi connectivity index (χ0) is 16.8. The molecule has 1 aromatic carbocycles. The molecule has 0 atom stereocenters. The van der Waals surface area contributed by atoms with Crippen molar-refractivity contribution in [3.63, 3.8) is 0 Å². The SMILES string of the molecule is CCCN1CC(C(=O)NCCN2CCOCC2)=Cc2ccccc21. The highest BCUT2D eigenvalue weighted by molar-refractivity contribution is 6.01. The molecule has 3 rings (SSSR count). The molecule has 1 amide bonds. The van der Waals surface area contributed by atoms with E-state index in [1.54, 1.807) is 0 Å². The molecular weight excluding hydrogens is 302 g/mol. The summed E-state index contributed by atoms with van der Waals surface area (Å²) in [5.74, 6) is 0.0545. The summed E-state index contributed by atoms with van der Waals surface area (Å²) >= 11 is 0. The number of nitrogens with zero attached hydrogens (tertiary/aromatic N) is 2. The Kier molecular flexibility index (Phi) is 5.88. The van der Waals surface area contributed by atoms with E-state index in [1.807, 2.05) is 12.1 Å². The Balaban J connectivity index is 1.59. The number of nitrogens with one attached hydrogen (secondary N) is 1. The molecular formula is C19H27N3O2. The summed E-state index contributed by atoms with van der Waals surface area (Å²) in [7, 11) is 0. The van der Waals surface area contributed by atoms with Gasteiger partial charge in [0.2, 0.25) is 5.91 Å². The molecule has 0 radical (unpaired) electrons. The molecule has 1 N–H and O–H groups in total. The van der Waals surface area contributed by atoms with E-state index < -0.39 is 0 Å². The van der Waals surface area contributed by atoms with E-state index in [0.717, 1.165) is 57.0 Å². The van der Waals surface area contributed by atoms with Crippen LogP contribution in [0.1, 0.15) is 18.9 Å². The third-order valence-corrected chi connectivity index (χ3v) is 4.57. The molecule has 2 aliphatic heterocycles. The van der Waals surface area contributed by atoms with Gasteiger partial charge in [0.25, 0.3) is 0 Å². The number of anilines is 1. The maximum absolute atomic E-state index is 12.6. The van der Waals surface area contributed by atoms with E-state index in [0.29, 0.717) is 13.1 Å². The topological polar surface area (TPSA) is 44.8 Å². The molecule has 24 heavy (non-hydrogen) atoms. The Hall–Kier alpha value is -1.85. The first-order valence-corrected chi connectivity index (χ1v) is 8.91. The summed E-state index contributed by atoms with van der Waals surface area (Å²) in [6.07, 6.45) is 3.10. The normalized spacial score (nSPS) is 18.0. The van der Waals surface area contributed by atoms with E-state index in [4.69, 9.17) is 4.74 Å². The van der Waals surface area contributed by atoms with Crippen molar-refractivity contribution in [3.8, 4) is 0 Å². The minimum atomic E-state index is 0.0545. The molecule has 0 aliphatic carbocycles. The second kappa shape index (κ2) is 8.31. The van der Waals surface area contributed by atoms with Crippen LogP contribution in [0.15, 0.2) is 29.8 Å². The van der Waals surface area contributed by atoms with Gasteiger partial charge < -0.3 is 15.0 Å². The summed E-state index contributed by atoms with van der Waals surface area (Å²) in [6.45, 7) is 8.89. The quantitative estimate of drug-likeness (QED) is 0.864. The maximum Gasteiger partial charge on any atom is 0.249 e. The van der Waals surface area contributed by atoms with Crippen molar-refractivity contribution in [3.05, 3.63) is 35.4 Å². The largest absolute Gasteiger partial charge is 0.379 e. The lowest BCUT2D eigenvalue weighted by Crippen LogP contribution is -2.42. The lowest BCUT2D eigenvalue weighted by atomic mass is 10.0. The number of hydrogen-bond donors (Lipinski definition) is 1. The monoisotopic (exact) mass is 329 g/mol. The van der Waals surface area contributed by atoms with Crippen molar-refractivity contribution in [2.24, 2.45) is 0 Å². The highest BCUT2D eigenvalue weighted by atomic mass is 16.5. The number of para-hydroxylation sites is 1. The molecule has 5 heteroatoms. The van der Waals surface area contributed by atoms with Crippen LogP contribution in [0.4, 0.5) is 5.69 Å². The molecule has 5 nitrogen and oxygen atoms in total. The lowest BCUT2D eigenvalue weighted by Gasteiger charge is -2.31. The minimum Gasteiger partial charge on any atom is -0.379 e. The van der Waals surface area contributed by atoms with Crippen molar-refractivity contribution < 1.29 is 9.53 Å². The van der Waals surface area contributed by atoms with Crippen molar-refractivity contribution in [1.82, 2.24) is 10.2 Å². The number of fused-ring (bicyclic) bond motifs is 1. The van der Waals surface area contributed by atoms with Crippen LogP contribution in [0.25, 0.3) is 6.08 Å². The Morgan fingerprint density at radius 3 is 2.79 bits per heavy atom. The Bertz CT molecular complexity index is 594.